The third kappa shape index (κ3) is 4.18. The van der Waals surface area contributed by atoms with Gasteiger partial charge >= 0.3 is 0 Å². The summed E-state index contributed by atoms with van der Waals surface area (Å²) >= 11 is 6.51. The van der Waals surface area contributed by atoms with Gasteiger partial charge in [0.25, 0.3) is 0 Å². The molecule has 4 rings (SSSR count). The Hall–Kier alpha value is -2.84. The second-order valence-corrected chi connectivity index (χ2v) is 9.36. The number of ether oxygens (including phenoxy) is 2. The van der Waals surface area contributed by atoms with Crippen molar-refractivity contribution in [3.63, 3.8) is 0 Å². The number of benzene rings is 2. The minimum Gasteiger partial charge on any atom is -0.496 e. The number of hydrazone groups is 1. The smallest absolute Gasteiger partial charge is 0.247 e. The van der Waals surface area contributed by atoms with Gasteiger partial charge in [0.05, 0.1) is 37.2 Å². The molecule has 162 valence electrons. The molecule has 0 aliphatic carbocycles. The quantitative estimate of drug-likeness (QED) is 0.510. The van der Waals surface area contributed by atoms with E-state index in [0.717, 1.165) is 21.6 Å². The number of nitrogens with zero attached hydrogens (tertiary/aromatic N) is 3. The van der Waals surface area contributed by atoms with Gasteiger partial charge in [-0.05, 0) is 43.3 Å². The van der Waals surface area contributed by atoms with Crippen LogP contribution in [-0.2, 0) is 10.0 Å². The van der Waals surface area contributed by atoms with E-state index in [9.17, 15) is 8.42 Å². The maximum Gasteiger partial charge on any atom is 0.247 e. The third-order valence-electron chi connectivity index (χ3n) is 5.07. The van der Waals surface area contributed by atoms with Gasteiger partial charge in [-0.1, -0.05) is 23.7 Å². The highest BCUT2D eigenvalue weighted by Gasteiger charge is 2.37. The maximum atomic E-state index is 12.6. The van der Waals surface area contributed by atoms with E-state index >= 15 is 0 Å². The van der Waals surface area contributed by atoms with Crippen molar-refractivity contribution < 1.29 is 17.9 Å². The molecule has 1 aliphatic rings. The van der Waals surface area contributed by atoms with Crippen LogP contribution in [0.5, 0.6) is 11.5 Å². The van der Waals surface area contributed by atoms with Gasteiger partial charge in [0.2, 0.25) is 10.0 Å². The number of aromatic nitrogens is 1. The molecule has 1 unspecified atom stereocenters. The molecule has 9 heteroatoms. The Labute approximate surface area is 186 Å². The highest BCUT2D eigenvalue weighted by atomic mass is 35.5. The van der Waals surface area contributed by atoms with Crippen LogP contribution in [0.3, 0.4) is 0 Å². The summed E-state index contributed by atoms with van der Waals surface area (Å²) in [6.07, 6.45) is 1.47. The molecule has 2 aromatic carbocycles. The molecule has 2 heterocycles. The number of fused-ring (bicyclic) bond motifs is 1. The molecule has 0 bridgehead atoms. The Balaban J connectivity index is 1.81. The second kappa shape index (κ2) is 8.36. The van der Waals surface area contributed by atoms with Crippen molar-refractivity contribution in [1.82, 2.24) is 9.40 Å². The normalized spacial score (nSPS) is 16.5. The molecule has 1 aliphatic heterocycles. The zero-order chi connectivity index (χ0) is 22.2. The van der Waals surface area contributed by atoms with E-state index < -0.39 is 16.1 Å². The van der Waals surface area contributed by atoms with E-state index in [2.05, 4.69) is 10.1 Å². The molecule has 0 saturated carbocycles. The Bertz CT molecular complexity index is 1280. The first kappa shape index (κ1) is 21.4. The molecule has 0 saturated heterocycles. The van der Waals surface area contributed by atoms with Crippen LogP contribution in [0.2, 0.25) is 5.15 Å². The summed E-state index contributed by atoms with van der Waals surface area (Å²) in [5, 5.41) is 5.49. The fraction of sp³-hybridized carbons (Fsp3) is 0.273. The first-order valence-corrected chi connectivity index (χ1v) is 12.0. The van der Waals surface area contributed by atoms with E-state index in [1.807, 2.05) is 55.5 Å². The van der Waals surface area contributed by atoms with Gasteiger partial charge in [0, 0.05) is 22.9 Å². The number of hydrogen-bond acceptors (Lipinski definition) is 6. The first-order valence-electron chi connectivity index (χ1n) is 9.75. The summed E-state index contributed by atoms with van der Waals surface area (Å²) in [7, 11) is -2.08. The molecule has 0 spiro atoms. The number of para-hydroxylation sites is 1. The van der Waals surface area contributed by atoms with Gasteiger partial charge in [-0.15, -0.1) is 0 Å². The van der Waals surface area contributed by atoms with E-state index in [1.165, 1.54) is 0 Å². The van der Waals surface area contributed by atoms with Gasteiger partial charge < -0.3 is 9.47 Å². The summed E-state index contributed by atoms with van der Waals surface area (Å²) in [6.45, 7) is 2.45. The molecule has 3 aromatic rings. The van der Waals surface area contributed by atoms with Crippen LogP contribution in [0.25, 0.3) is 10.9 Å². The zero-order valence-electron chi connectivity index (χ0n) is 17.4. The van der Waals surface area contributed by atoms with Crippen molar-refractivity contribution in [3.05, 3.63) is 64.8 Å². The number of pyridine rings is 1. The van der Waals surface area contributed by atoms with Crippen molar-refractivity contribution >= 4 is 38.2 Å². The summed E-state index contributed by atoms with van der Waals surface area (Å²) in [6, 6.07) is 14.2. The van der Waals surface area contributed by atoms with Crippen LogP contribution in [0, 0.1) is 0 Å². The molecule has 0 radical (unpaired) electrons. The number of halogens is 1. The van der Waals surface area contributed by atoms with E-state index in [0.29, 0.717) is 41.3 Å². The van der Waals surface area contributed by atoms with Gasteiger partial charge in [-0.25, -0.2) is 13.4 Å². The molecule has 0 amide bonds. The summed E-state index contributed by atoms with van der Waals surface area (Å²) in [4.78, 5) is 4.48. The molecule has 1 aromatic heterocycles. The molecular weight excluding hydrogens is 438 g/mol. The van der Waals surface area contributed by atoms with Crippen LogP contribution >= 0.6 is 11.6 Å². The van der Waals surface area contributed by atoms with Crippen LogP contribution in [0.15, 0.2) is 53.6 Å². The lowest BCUT2D eigenvalue weighted by molar-refractivity contribution is 0.340. The van der Waals surface area contributed by atoms with E-state index in [4.69, 9.17) is 21.1 Å². The zero-order valence-corrected chi connectivity index (χ0v) is 18.9. The topological polar surface area (TPSA) is 81.1 Å². The van der Waals surface area contributed by atoms with Crippen LogP contribution in [-0.4, -0.2) is 43.5 Å². The van der Waals surface area contributed by atoms with Crippen molar-refractivity contribution in [2.24, 2.45) is 5.10 Å². The highest BCUT2D eigenvalue weighted by molar-refractivity contribution is 7.88. The number of sulfonamides is 1. The average molecular weight is 460 g/mol. The Morgan fingerprint density at radius 1 is 1.19 bits per heavy atom. The SMILES string of the molecule is CCOc1ccc2nc(Cl)c(C3CC(c4ccccc4OC)=NN3S(C)(=O)=O)cc2c1. The number of hydrogen-bond donors (Lipinski definition) is 0. The molecular formula is C22H22ClN3O4S. The Morgan fingerprint density at radius 2 is 1.97 bits per heavy atom. The van der Waals surface area contributed by atoms with Crippen molar-refractivity contribution in [2.75, 3.05) is 20.0 Å². The molecule has 7 nitrogen and oxygen atoms in total. The van der Waals surface area contributed by atoms with Gasteiger partial charge in [0.1, 0.15) is 16.7 Å². The lowest BCUT2D eigenvalue weighted by atomic mass is 9.98. The molecule has 0 fully saturated rings. The van der Waals surface area contributed by atoms with Crippen molar-refractivity contribution in [3.8, 4) is 11.5 Å². The van der Waals surface area contributed by atoms with E-state index in [-0.39, 0.29) is 5.15 Å². The fourth-order valence-corrected chi connectivity index (χ4v) is 4.88. The first-order chi connectivity index (χ1) is 14.8. The van der Waals surface area contributed by atoms with Gasteiger partial charge in [-0.2, -0.15) is 9.52 Å². The van der Waals surface area contributed by atoms with Crippen molar-refractivity contribution in [2.45, 2.75) is 19.4 Å². The lowest BCUT2D eigenvalue weighted by Gasteiger charge is -2.22. The lowest BCUT2D eigenvalue weighted by Crippen LogP contribution is -2.26. The van der Waals surface area contributed by atoms with Gasteiger partial charge in [0.15, 0.2) is 0 Å². The summed E-state index contributed by atoms with van der Waals surface area (Å²) < 4.78 is 37.3. The van der Waals surface area contributed by atoms with Crippen LogP contribution in [0.4, 0.5) is 0 Å². The minimum absolute atomic E-state index is 0.242. The second-order valence-electron chi connectivity index (χ2n) is 7.16. The number of methoxy groups -OCH3 is 1. The minimum atomic E-state index is -3.65. The average Bonchev–Trinajstić information content (AvgIpc) is 3.19. The third-order valence-corrected chi connectivity index (χ3v) is 6.39. The highest BCUT2D eigenvalue weighted by Crippen LogP contribution is 2.40. The Kier molecular flexibility index (Phi) is 5.77. The fourth-order valence-electron chi connectivity index (χ4n) is 3.71. The standard InChI is InChI=1S/C22H22ClN3O4S/c1-4-30-15-9-10-18-14(11-15)12-17(22(23)24-18)20-13-19(25-26(20)31(3,27)28)16-7-5-6-8-21(16)29-2/h5-12,20H,4,13H2,1-3H3. The van der Waals surface area contributed by atoms with Crippen LogP contribution < -0.4 is 9.47 Å². The van der Waals surface area contributed by atoms with Gasteiger partial charge in [-0.3, -0.25) is 0 Å². The van der Waals surface area contributed by atoms with Crippen LogP contribution in [0.1, 0.15) is 30.5 Å². The maximum absolute atomic E-state index is 12.6. The molecule has 1 atom stereocenters. The predicted octanol–water partition coefficient (Wildman–Crippen LogP) is 4.41. The largest absolute Gasteiger partial charge is 0.496 e. The van der Waals surface area contributed by atoms with Crippen molar-refractivity contribution in [1.29, 1.82) is 0 Å². The summed E-state index contributed by atoms with van der Waals surface area (Å²) in [5.41, 5.74) is 2.63. The number of rotatable bonds is 6. The monoisotopic (exact) mass is 459 g/mol. The predicted molar refractivity (Wildman–Crippen MR) is 121 cm³/mol. The molecule has 31 heavy (non-hydrogen) atoms. The molecule has 0 N–H and O–H groups in total. The summed E-state index contributed by atoms with van der Waals surface area (Å²) in [5.74, 6) is 1.34. The van der Waals surface area contributed by atoms with E-state index in [1.54, 1.807) is 7.11 Å². The Morgan fingerprint density at radius 3 is 2.68 bits per heavy atom.